The second kappa shape index (κ2) is 4.18. The number of imidazole rings is 1. The maximum atomic E-state index is 11.6. The molecule has 1 N–H and O–H groups in total. The molecule has 0 saturated carbocycles. The summed E-state index contributed by atoms with van der Waals surface area (Å²) in [4.78, 5) is 8.20. The van der Waals surface area contributed by atoms with Crippen LogP contribution in [0, 0.1) is 0 Å². The van der Waals surface area contributed by atoms with Gasteiger partial charge in [0.15, 0.2) is 9.84 Å². The van der Waals surface area contributed by atoms with Gasteiger partial charge < -0.3 is 4.98 Å². The van der Waals surface area contributed by atoms with Crippen LogP contribution in [0.25, 0.3) is 11.0 Å². The summed E-state index contributed by atoms with van der Waals surface area (Å²) in [6.45, 7) is 0. The Kier molecular flexibility index (Phi) is 2.50. The Morgan fingerprint density at radius 2 is 2.00 bits per heavy atom. The Balaban J connectivity index is 1.79. The number of aromatic nitrogens is 2. The number of nitrogens with zero attached hydrogens (tertiary/aromatic N) is 1. The number of hydrogen-bond donors (Lipinski definition) is 1. The number of benzene rings is 2. The van der Waals surface area contributed by atoms with E-state index >= 15 is 0 Å². The Bertz CT molecular complexity index is 957. The van der Waals surface area contributed by atoms with Gasteiger partial charge in [-0.3, -0.25) is 0 Å². The van der Waals surface area contributed by atoms with Crippen molar-refractivity contribution in [2.45, 2.75) is 17.2 Å². The van der Waals surface area contributed by atoms with Crippen LogP contribution in [0.15, 0.2) is 47.4 Å². The van der Waals surface area contributed by atoms with Crippen molar-refractivity contribution in [1.29, 1.82) is 0 Å². The van der Waals surface area contributed by atoms with Crippen molar-refractivity contribution in [3.05, 3.63) is 59.4 Å². The second-order valence-electron chi connectivity index (χ2n) is 5.53. The topological polar surface area (TPSA) is 62.8 Å². The Morgan fingerprint density at radius 3 is 2.76 bits per heavy atom. The quantitative estimate of drug-likeness (QED) is 0.791. The molecule has 1 aliphatic rings. The molecule has 106 valence electrons. The van der Waals surface area contributed by atoms with Crippen molar-refractivity contribution in [2.75, 3.05) is 6.26 Å². The lowest BCUT2D eigenvalue weighted by Crippen LogP contribution is -2.18. The van der Waals surface area contributed by atoms with E-state index < -0.39 is 9.84 Å². The van der Waals surface area contributed by atoms with Crippen molar-refractivity contribution in [3.63, 3.8) is 0 Å². The first-order valence-electron chi connectivity index (χ1n) is 6.80. The van der Waals surface area contributed by atoms with Crippen LogP contribution in [-0.2, 0) is 16.3 Å². The zero-order valence-electron chi connectivity index (χ0n) is 11.5. The molecule has 0 saturated heterocycles. The Labute approximate surface area is 122 Å². The fourth-order valence-corrected chi connectivity index (χ4v) is 3.55. The number of aromatic amines is 1. The van der Waals surface area contributed by atoms with Gasteiger partial charge in [0.25, 0.3) is 0 Å². The molecule has 1 heterocycles. The molecule has 1 aliphatic carbocycles. The summed E-state index contributed by atoms with van der Waals surface area (Å²) < 4.78 is 23.2. The minimum absolute atomic E-state index is 0.287. The zero-order chi connectivity index (χ0) is 14.6. The molecule has 1 atom stereocenters. The molecule has 4 nitrogen and oxygen atoms in total. The van der Waals surface area contributed by atoms with Gasteiger partial charge in [-0.25, -0.2) is 13.4 Å². The smallest absolute Gasteiger partial charge is 0.175 e. The molecule has 0 radical (unpaired) electrons. The summed E-state index contributed by atoms with van der Waals surface area (Å²) >= 11 is 0. The number of fused-ring (bicyclic) bond motifs is 2. The number of nitrogens with one attached hydrogen (secondary N) is 1. The molecule has 21 heavy (non-hydrogen) atoms. The van der Waals surface area contributed by atoms with Crippen molar-refractivity contribution in [2.24, 2.45) is 0 Å². The van der Waals surface area contributed by atoms with E-state index in [0.717, 1.165) is 23.3 Å². The number of hydrogen-bond acceptors (Lipinski definition) is 3. The van der Waals surface area contributed by atoms with Gasteiger partial charge in [-0.05, 0) is 35.7 Å². The predicted octanol–water partition coefficient (Wildman–Crippen LogP) is 2.65. The normalized spacial score (nSPS) is 17.5. The largest absolute Gasteiger partial charge is 0.341 e. The first-order chi connectivity index (χ1) is 10.0. The van der Waals surface area contributed by atoms with Crippen LogP contribution in [0.3, 0.4) is 0 Å². The van der Waals surface area contributed by atoms with Crippen LogP contribution in [0.2, 0.25) is 0 Å². The van der Waals surface area contributed by atoms with Crippen LogP contribution in [-0.4, -0.2) is 24.6 Å². The van der Waals surface area contributed by atoms with Gasteiger partial charge in [0.1, 0.15) is 5.82 Å². The van der Waals surface area contributed by atoms with Gasteiger partial charge >= 0.3 is 0 Å². The third-order valence-electron chi connectivity index (χ3n) is 4.08. The lowest BCUT2D eigenvalue weighted by atomic mass is 9.77. The third-order valence-corrected chi connectivity index (χ3v) is 5.19. The zero-order valence-corrected chi connectivity index (χ0v) is 12.3. The van der Waals surface area contributed by atoms with Crippen LogP contribution in [0.5, 0.6) is 0 Å². The van der Waals surface area contributed by atoms with Crippen LogP contribution < -0.4 is 0 Å². The first-order valence-corrected chi connectivity index (χ1v) is 8.69. The minimum atomic E-state index is -3.19. The molecule has 0 fully saturated rings. The van der Waals surface area contributed by atoms with E-state index in [4.69, 9.17) is 0 Å². The van der Waals surface area contributed by atoms with Crippen molar-refractivity contribution in [1.82, 2.24) is 9.97 Å². The third kappa shape index (κ3) is 1.96. The fraction of sp³-hybridized carbons (Fsp3) is 0.188. The van der Waals surface area contributed by atoms with E-state index in [9.17, 15) is 8.42 Å². The van der Waals surface area contributed by atoms with Gasteiger partial charge in [-0.1, -0.05) is 24.3 Å². The number of rotatable bonds is 2. The molecule has 0 aliphatic heterocycles. The number of H-pyrrole nitrogens is 1. The van der Waals surface area contributed by atoms with Crippen LogP contribution in [0.1, 0.15) is 22.9 Å². The summed E-state index contributed by atoms with van der Waals surface area (Å²) in [5.74, 6) is 1.20. The summed E-state index contributed by atoms with van der Waals surface area (Å²) in [5.41, 5.74) is 4.25. The van der Waals surface area contributed by atoms with Crippen molar-refractivity contribution in [3.8, 4) is 0 Å². The molecular formula is C16H14N2O2S. The average Bonchev–Trinajstić information content (AvgIpc) is 2.81. The summed E-state index contributed by atoms with van der Waals surface area (Å²) in [6, 6.07) is 13.4. The highest BCUT2D eigenvalue weighted by Crippen LogP contribution is 2.39. The average molecular weight is 298 g/mol. The van der Waals surface area contributed by atoms with Gasteiger partial charge in [-0.15, -0.1) is 0 Å². The monoisotopic (exact) mass is 298 g/mol. The van der Waals surface area contributed by atoms with Crippen LogP contribution in [0.4, 0.5) is 0 Å². The first kappa shape index (κ1) is 12.6. The van der Waals surface area contributed by atoms with E-state index in [1.807, 2.05) is 12.1 Å². The molecule has 0 bridgehead atoms. The van der Waals surface area contributed by atoms with Gasteiger partial charge in [0, 0.05) is 12.2 Å². The van der Waals surface area contributed by atoms with E-state index in [0.29, 0.717) is 4.90 Å². The SMILES string of the molecule is CS(=O)(=O)c1ccc2nc(C3Cc4ccccc43)[nH]c2c1. The molecule has 2 aromatic carbocycles. The van der Waals surface area contributed by atoms with E-state index in [2.05, 4.69) is 22.1 Å². The highest BCUT2D eigenvalue weighted by Gasteiger charge is 2.29. The van der Waals surface area contributed by atoms with E-state index in [-0.39, 0.29) is 5.92 Å². The maximum Gasteiger partial charge on any atom is 0.175 e. The maximum absolute atomic E-state index is 11.6. The van der Waals surface area contributed by atoms with Gasteiger partial charge in [0.05, 0.1) is 15.9 Å². The molecule has 1 unspecified atom stereocenters. The molecular weight excluding hydrogens is 284 g/mol. The molecule has 4 rings (SSSR count). The standard InChI is InChI=1S/C16H14N2O2S/c1-21(19,20)11-6-7-14-15(9-11)18-16(17-14)13-8-10-4-2-3-5-12(10)13/h2-7,9,13H,8H2,1H3,(H,17,18). The summed E-state index contributed by atoms with van der Waals surface area (Å²) in [7, 11) is -3.19. The highest BCUT2D eigenvalue weighted by atomic mass is 32.2. The molecule has 3 aromatic rings. The molecule has 0 spiro atoms. The highest BCUT2D eigenvalue weighted by molar-refractivity contribution is 7.90. The van der Waals surface area contributed by atoms with Gasteiger partial charge in [-0.2, -0.15) is 0 Å². The minimum Gasteiger partial charge on any atom is -0.341 e. The second-order valence-corrected chi connectivity index (χ2v) is 7.54. The fourth-order valence-electron chi connectivity index (χ4n) is 2.91. The summed E-state index contributed by atoms with van der Waals surface area (Å²) in [5, 5.41) is 0. The number of sulfone groups is 1. The van der Waals surface area contributed by atoms with E-state index in [1.54, 1.807) is 18.2 Å². The summed E-state index contributed by atoms with van der Waals surface area (Å²) in [6.07, 6.45) is 2.20. The van der Waals surface area contributed by atoms with Crippen molar-refractivity contribution >= 4 is 20.9 Å². The Morgan fingerprint density at radius 1 is 1.19 bits per heavy atom. The predicted molar refractivity (Wildman–Crippen MR) is 81.2 cm³/mol. The van der Waals surface area contributed by atoms with Crippen LogP contribution >= 0.6 is 0 Å². The van der Waals surface area contributed by atoms with E-state index in [1.165, 1.54) is 17.4 Å². The lowest BCUT2D eigenvalue weighted by molar-refractivity contribution is 0.602. The van der Waals surface area contributed by atoms with Gasteiger partial charge in [0.2, 0.25) is 0 Å². The lowest BCUT2D eigenvalue weighted by Gasteiger charge is -2.28. The molecule has 0 amide bonds. The Hall–Kier alpha value is -2.14. The van der Waals surface area contributed by atoms with Crippen molar-refractivity contribution < 1.29 is 8.42 Å². The molecule has 1 aromatic heterocycles. The molecule has 5 heteroatoms.